The van der Waals surface area contributed by atoms with E-state index in [9.17, 15) is 4.79 Å². The first-order valence-electron chi connectivity index (χ1n) is 4.69. The van der Waals surface area contributed by atoms with E-state index < -0.39 is 12.0 Å². The van der Waals surface area contributed by atoms with Crippen molar-refractivity contribution in [3.63, 3.8) is 0 Å². The van der Waals surface area contributed by atoms with Crippen molar-refractivity contribution in [1.29, 1.82) is 5.26 Å². The smallest absolute Gasteiger partial charge is 0.321 e. The molecule has 1 aromatic rings. The lowest BCUT2D eigenvalue weighted by atomic mass is 9.94. The van der Waals surface area contributed by atoms with Gasteiger partial charge in [0.2, 0.25) is 0 Å². The third-order valence-electron chi connectivity index (χ3n) is 2.60. The summed E-state index contributed by atoms with van der Waals surface area (Å²) in [6.07, 6.45) is 0.445. The van der Waals surface area contributed by atoms with Crippen molar-refractivity contribution in [2.45, 2.75) is 19.0 Å². The summed E-state index contributed by atoms with van der Waals surface area (Å²) < 4.78 is 0. The molecular weight excluding hydrogens is 192 g/mol. The topological polar surface area (TPSA) is 73.1 Å². The highest BCUT2D eigenvalue weighted by Gasteiger charge is 2.23. The Morgan fingerprint density at radius 1 is 1.53 bits per heavy atom. The Hall–Kier alpha value is -1.86. The molecule has 0 amide bonds. The standard InChI is InChI=1S/C11H10N2O2/c12-5-7-1-2-8-6-13-10(11(14)15)4-9(8)3-7/h1-3,10,13H,4,6H2,(H,14,15)/t10-/m0/s1. The van der Waals surface area contributed by atoms with Crippen LogP contribution < -0.4 is 5.32 Å². The third-order valence-corrected chi connectivity index (χ3v) is 2.60. The van der Waals surface area contributed by atoms with E-state index in [-0.39, 0.29) is 0 Å². The Morgan fingerprint density at radius 2 is 2.33 bits per heavy atom. The Balaban J connectivity index is 2.32. The molecule has 0 aromatic heterocycles. The molecule has 0 spiro atoms. The van der Waals surface area contributed by atoms with Gasteiger partial charge in [-0.25, -0.2) is 0 Å². The predicted octanol–water partition coefficient (Wildman–Crippen LogP) is 0.657. The number of hydrogen-bond donors (Lipinski definition) is 2. The number of nitrogens with zero attached hydrogens (tertiary/aromatic N) is 1. The average molecular weight is 202 g/mol. The summed E-state index contributed by atoms with van der Waals surface area (Å²) in [4.78, 5) is 10.8. The average Bonchev–Trinajstić information content (AvgIpc) is 2.27. The molecular formula is C11H10N2O2. The Labute approximate surface area is 87.1 Å². The fraction of sp³-hybridized carbons (Fsp3) is 0.273. The van der Waals surface area contributed by atoms with Gasteiger partial charge in [-0.2, -0.15) is 5.26 Å². The highest BCUT2D eigenvalue weighted by Crippen LogP contribution is 2.18. The van der Waals surface area contributed by atoms with Crippen molar-refractivity contribution >= 4 is 5.97 Å². The minimum atomic E-state index is -0.844. The maximum Gasteiger partial charge on any atom is 0.321 e. The lowest BCUT2D eigenvalue weighted by Crippen LogP contribution is -2.41. The number of benzene rings is 1. The lowest BCUT2D eigenvalue weighted by molar-refractivity contribution is -0.139. The molecule has 1 aliphatic heterocycles. The molecule has 2 N–H and O–H groups in total. The summed E-state index contributed by atoms with van der Waals surface area (Å²) in [6, 6.07) is 6.91. The number of nitriles is 1. The molecule has 0 saturated heterocycles. The zero-order chi connectivity index (χ0) is 10.8. The van der Waals surface area contributed by atoms with Gasteiger partial charge in [-0.1, -0.05) is 6.07 Å². The molecule has 0 aliphatic carbocycles. The molecule has 15 heavy (non-hydrogen) atoms. The number of carboxylic acids is 1. The summed E-state index contributed by atoms with van der Waals surface area (Å²) in [7, 11) is 0. The van der Waals surface area contributed by atoms with Crippen LogP contribution in [0.1, 0.15) is 16.7 Å². The summed E-state index contributed by atoms with van der Waals surface area (Å²) >= 11 is 0. The van der Waals surface area contributed by atoms with Gasteiger partial charge in [0.15, 0.2) is 0 Å². The number of carbonyl (C=O) groups is 1. The fourth-order valence-corrected chi connectivity index (χ4v) is 1.76. The molecule has 4 nitrogen and oxygen atoms in total. The van der Waals surface area contributed by atoms with Crippen LogP contribution in [0.5, 0.6) is 0 Å². The molecule has 1 aromatic carbocycles. The van der Waals surface area contributed by atoms with Gasteiger partial charge in [-0.05, 0) is 29.7 Å². The van der Waals surface area contributed by atoms with Crippen LogP contribution in [0.15, 0.2) is 18.2 Å². The van der Waals surface area contributed by atoms with Crippen LogP contribution in [-0.2, 0) is 17.8 Å². The van der Waals surface area contributed by atoms with Crippen LogP contribution >= 0.6 is 0 Å². The Kier molecular flexibility index (Phi) is 2.40. The molecule has 0 fully saturated rings. The van der Waals surface area contributed by atoms with Crippen LogP contribution in [-0.4, -0.2) is 17.1 Å². The Morgan fingerprint density at radius 3 is 3.00 bits per heavy atom. The van der Waals surface area contributed by atoms with E-state index in [2.05, 4.69) is 11.4 Å². The van der Waals surface area contributed by atoms with Gasteiger partial charge in [0.25, 0.3) is 0 Å². The van der Waals surface area contributed by atoms with Crippen molar-refractivity contribution in [2.75, 3.05) is 0 Å². The summed E-state index contributed by atoms with van der Waals surface area (Å²) in [6.45, 7) is 0.554. The summed E-state index contributed by atoms with van der Waals surface area (Å²) in [5.74, 6) is -0.844. The fourth-order valence-electron chi connectivity index (χ4n) is 1.76. The molecule has 1 atom stereocenters. The quantitative estimate of drug-likeness (QED) is 0.701. The molecule has 76 valence electrons. The zero-order valence-corrected chi connectivity index (χ0v) is 8.03. The van der Waals surface area contributed by atoms with E-state index >= 15 is 0 Å². The van der Waals surface area contributed by atoms with Gasteiger partial charge in [-0.15, -0.1) is 0 Å². The lowest BCUT2D eigenvalue weighted by Gasteiger charge is -2.23. The van der Waals surface area contributed by atoms with Crippen LogP contribution in [0.25, 0.3) is 0 Å². The number of carboxylic acid groups (broad SMARTS) is 1. The monoisotopic (exact) mass is 202 g/mol. The second-order valence-electron chi connectivity index (χ2n) is 3.57. The van der Waals surface area contributed by atoms with Crippen LogP contribution in [0, 0.1) is 11.3 Å². The minimum Gasteiger partial charge on any atom is -0.480 e. The van der Waals surface area contributed by atoms with Crippen molar-refractivity contribution < 1.29 is 9.90 Å². The number of aliphatic carboxylic acids is 1. The van der Waals surface area contributed by atoms with Crippen LogP contribution in [0.4, 0.5) is 0 Å². The predicted molar refractivity (Wildman–Crippen MR) is 53.1 cm³/mol. The van der Waals surface area contributed by atoms with Crippen molar-refractivity contribution in [3.8, 4) is 6.07 Å². The van der Waals surface area contributed by atoms with Crippen molar-refractivity contribution in [3.05, 3.63) is 34.9 Å². The number of fused-ring (bicyclic) bond motifs is 1. The Bertz CT molecular complexity index is 448. The van der Waals surface area contributed by atoms with E-state index in [1.165, 1.54) is 0 Å². The van der Waals surface area contributed by atoms with Gasteiger partial charge in [0, 0.05) is 6.54 Å². The van der Waals surface area contributed by atoms with Gasteiger partial charge >= 0.3 is 5.97 Å². The molecule has 1 aliphatic rings. The van der Waals surface area contributed by atoms with Gasteiger partial charge < -0.3 is 10.4 Å². The van der Waals surface area contributed by atoms with Crippen molar-refractivity contribution in [1.82, 2.24) is 5.32 Å². The largest absolute Gasteiger partial charge is 0.480 e. The number of rotatable bonds is 1. The molecule has 0 bridgehead atoms. The SMILES string of the molecule is N#Cc1ccc2c(c1)C[C@@H](C(=O)O)NC2. The molecule has 0 radical (unpaired) electrons. The molecule has 4 heteroatoms. The highest BCUT2D eigenvalue weighted by atomic mass is 16.4. The van der Waals surface area contributed by atoms with Gasteiger partial charge in [-0.3, -0.25) is 4.79 Å². The second kappa shape index (κ2) is 3.71. The maximum absolute atomic E-state index is 10.8. The molecule has 1 heterocycles. The van der Waals surface area contributed by atoms with Gasteiger partial charge in [0.05, 0.1) is 11.6 Å². The van der Waals surface area contributed by atoms with E-state index in [0.29, 0.717) is 18.5 Å². The van der Waals surface area contributed by atoms with E-state index in [1.54, 1.807) is 12.1 Å². The molecule has 0 saturated carbocycles. The first-order valence-corrected chi connectivity index (χ1v) is 4.69. The van der Waals surface area contributed by atoms with E-state index in [0.717, 1.165) is 11.1 Å². The minimum absolute atomic E-state index is 0.445. The zero-order valence-electron chi connectivity index (χ0n) is 8.03. The van der Waals surface area contributed by atoms with E-state index in [1.807, 2.05) is 6.07 Å². The number of hydrogen-bond acceptors (Lipinski definition) is 3. The molecule has 0 unspecified atom stereocenters. The molecule has 2 rings (SSSR count). The van der Waals surface area contributed by atoms with Crippen LogP contribution in [0.2, 0.25) is 0 Å². The number of nitrogens with one attached hydrogen (secondary N) is 1. The first-order chi connectivity index (χ1) is 7.20. The van der Waals surface area contributed by atoms with Gasteiger partial charge in [0.1, 0.15) is 6.04 Å². The third kappa shape index (κ3) is 1.83. The normalized spacial score (nSPS) is 19.0. The summed E-state index contributed by atoms with van der Waals surface area (Å²) in [5.41, 5.74) is 2.62. The first kappa shape index (κ1) is 9.69. The highest BCUT2D eigenvalue weighted by molar-refractivity contribution is 5.74. The van der Waals surface area contributed by atoms with E-state index in [4.69, 9.17) is 10.4 Å². The summed E-state index contributed by atoms with van der Waals surface area (Å²) in [5, 5.41) is 20.5. The van der Waals surface area contributed by atoms with Crippen LogP contribution in [0.3, 0.4) is 0 Å². The van der Waals surface area contributed by atoms with Crippen molar-refractivity contribution in [2.24, 2.45) is 0 Å². The second-order valence-corrected chi connectivity index (χ2v) is 3.57. The maximum atomic E-state index is 10.8.